The Balaban J connectivity index is 2.28. The molecule has 1 atom stereocenters. The summed E-state index contributed by atoms with van der Waals surface area (Å²) in [5.74, 6) is -1.18. The van der Waals surface area contributed by atoms with Crippen molar-refractivity contribution in [2.75, 3.05) is 13.7 Å². The first-order chi connectivity index (χ1) is 11.7. The van der Waals surface area contributed by atoms with Crippen LogP contribution in [-0.4, -0.2) is 40.8 Å². The van der Waals surface area contributed by atoms with E-state index in [0.717, 1.165) is 0 Å². The number of ether oxygens (including phenoxy) is 1. The van der Waals surface area contributed by atoms with Crippen LogP contribution < -0.4 is 0 Å². The second kappa shape index (κ2) is 7.64. The molecule has 0 aliphatic rings. The molecule has 2 aromatic rings. The summed E-state index contributed by atoms with van der Waals surface area (Å²) in [4.78, 5) is 13.9. The highest BCUT2D eigenvalue weighted by atomic mass is 19.4. The van der Waals surface area contributed by atoms with E-state index in [2.05, 4.69) is 5.10 Å². The number of alkyl halides is 3. The molecule has 5 nitrogen and oxygen atoms in total. The van der Waals surface area contributed by atoms with Crippen molar-refractivity contribution in [1.29, 1.82) is 0 Å². The van der Waals surface area contributed by atoms with E-state index in [1.54, 1.807) is 13.0 Å². The number of hydrogen-bond donors (Lipinski definition) is 1. The molecule has 136 valence electrons. The topological polar surface area (TPSA) is 58.2 Å². The highest BCUT2D eigenvalue weighted by Crippen LogP contribution is 2.28. The Kier molecular flexibility index (Phi) is 5.78. The molecule has 1 aromatic carbocycles. The van der Waals surface area contributed by atoms with Crippen LogP contribution in [0.3, 0.4) is 0 Å². The van der Waals surface area contributed by atoms with E-state index in [4.69, 9.17) is 4.74 Å². The minimum atomic E-state index is -4.63. The summed E-state index contributed by atoms with van der Waals surface area (Å²) in [7, 11) is 1.44. The van der Waals surface area contributed by atoms with Crippen molar-refractivity contribution in [3.05, 3.63) is 53.1 Å². The number of nitrogens with zero attached hydrogens (tertiary/aromatic N) is 2. The van der Waals surface area contributed by atoms with Gasteiger partial charge in [-0.1, -0.05) is 12.1 Å². The predicted molar refractivity (Wildman–Crippen MR) is 81.2 cm³/mol. The van der Waals surface area contributed by atoms with Crippen molar-refractivity contribution in [2.24, 2.45) is 0 Å². The van der Waals surface area contributed by atoms with Gasteiger partial charge in [0.15, 0.2) is 5.69 Å². The van der Waals surface area contributed by atoms with E-state index < -0.39 is 29.6 Å². The van der Waals surface area contributed by atoms with Gasteiger partial charge in [-0.15, -0.1) is 0 Å². The van der Waals surface area contributed by atoms with Gasteiger partial charge in [0.2, 0.25) is 0 Å². The first-order valence-electron chi connectivity index (χ1n) is 7.39. The van der Waals surface area contributed by atoms with Crippen LogP contribution in [0.1, 0.15) is 28.7 Å². The van der Waals surface area contributed by atoms with Crippen molar-refractivity contribution in [2.45, 2.75) is 25.7 Å². The van der Waals surface area contributed by atoms with Gasteiger partial charge in [0.25, 0.3) is 5.91 Å². The van der Waals surface area contributed by atoms with Gasteiger partial charge in [-0.25, -0.2) is 4.39 Å². The van der Waals surface area contributed by atoms with Gasteiger partial charge < -0.3 is 9.64 Å². The zero-order valence-corrected chi connectivity index (χ0v) is 13.6. The Morgan fingerprint density at radius 1 is 1.36 bits per heavy atom. The van der Waals surface area contributed by atoms with Gasteiger partial charge in [-0.3, -0.25) is 9.89 Å². The van der Waals surface area contributed by atoms with Gasteiger partial charge >= 0.3 is 6.18 Å². The van der Waals surface area contributed by atoms with E-state index in [1.165, 1.54) is 30.2 Å². The molecule has 9 heteroatoms. The summed E-state index contributed by atoms with van der Waals surface area (Å²) in [5, 5.41) is 5.27. The molecular formula is C16H17F4N3O2. The van der Waals surface area contributed by atoms with Crippen LogP contribution in [0.2, 0.25) is 0 Å². The normalized spacial score (nSPS) is 12.9. The number of amides is 1. The molecule has 0 radical (unpaired) electrons. The number of H-pyrrole nitrogens is 1. The first-order valence-corrected chi connectivity index (χ1v) is 7.39. The fourth-order valence-electron chi connectivity index (χ4n) is 2.31. The van der Waals surface area contributed by atoms with Crippen LogP contribution in [0, 0.1) is 5.82 Å². The number of aromatic amines is 1. The number of rotatable bonds is 6. The quantitative estimate of drug-likeness (QED) is 0.806. The standard InChI is InChI=1S/C16H17F4N3O2/c1-10(9-25-2)23(8-11-4-3-5-12(17)6-11)15(24)13-7-14(22-21-13)16(18,19)20/h3-7,10H,8-9H2,1-2H3,(H,21,22). The molecule has 0 aliphatic carbocycles. The SMILES string of the molecule is COCC(C)N(Cc1cccc(F)c1)C(=O)c1cc(C(F)(F)F)[nH]n1. The molecule has 1 amide bonds. The second-order valence-electron chi connectivity index (χ2n) is 5.53. The molecule has 25 heavy (non-hydrogen) atoms. The van der Waals surface area contributed by atoms with Gasteiger partial charge in [0.1, 0.15) is 11.5 Å². The number of aromatic nitrogens is 2. The number of halogens is 4. The van der Waals surface area contributed by atoms with E-state index in [0.29, 0.717) is 11.6 Å². The Bertz CT molecular complexity index is 730. The Morgan fingerprint density at radius 2 is 2.08 bits per heavy atom. The summed E-state index contributed by atoms with van der Waals surface area (Å²) >= 11 is 0. The molecule has 0 aliphatic heterocycles. The molecule has 0 spiro atoms. The fraction of sp³-hybridized carbons (Fsp3) is 0.375. The predicted octanol–water partition coefficient (Wildman–Crippen LogP) is 3.24. The molecular weight excluding hydrogens is 342 g/mol. The maximum absolute atomic E-state index is 13.4. The van der Waals surface area contributed by atoms with Crippen molar-refractivity contribution in [3.8, 4) is 0 Å². The fourth-order valence-corrected chi connectivity index (χ4v) is 2.31. The van der Waals surface area contributed by atoms with E-state index in [1.807, 2.05) is 5.10 Å². The van der Waals surface area contributed by atoms with Crippen molar-refractivity contribution < 1.29 is 27.1 Å². The number of benzene rings is 1. The second-order valence-corrected chi connectivity index (χ2v) is 5.53. The lowest BCUT2D eigenvalue weighted by Crippen LogP contribution is -2.40. The first kappa shape index (κ1) is 18.9. The molecule has 1 N–H and O–H groups in total. The molecule has 1 aromatic heterocycles. The van der Waals surface area contributed by atoms with Crippen LogP contribution >= 0.6 is 0 Å². The van der Waals surface area contributed by atoms with E-state index >= 15 is 0 Å². The number of carbonyl (C=O) groups excluding carboxylic acids is 1. The van der Waals surface area contributed by atoms with Crippen molar-refractivity contribution in [1.82, 2.24) is 15.1 Å². The lowest BCUT2D eigenvalue weighted by Gasteiger charge is -2.28. The van der Waals surface area contributed by atoms with Gasteiger partial charge in [0, 0.05) is 19.7 Å². The largest absolute Gasteiger partial charge is 0.432 e. The zero-order valence-electron chi connectivity index (χ0n) is 13.6. The minimum absolute atomic E-state index is 0.00926. The Hall–Kier alpha value is -2.42. The maximum Gasteiger partial charge on any atom is 0.432 e. The summed E-state index contributed by atoms with van der Waals surface area (Å²) in [6.45, 7) is 1.85. The monoisotopic (exact) mass is 359 g/mol. The Labute approximate surface area is 141 Å². The molecule has 0 saturated carbocycles. The maximum atomic E-state index is 13.4. The van der Waals surface area contributed by atoms with Gasteiger partial charge in [-0.05, 0) is 24.6 Å². The molecule has 1 unspecified atom stereocenters. The van der Waals surface area contributed by atoms with E-state index in [-0.39, 0.29) is 18.8 Å². The minimum Gasteiger partial charge on any atom is -0.383 e. The summed E-state index contributed by atoms with van der Waals surface area (Å²) in [6.07, 6.45) is -4.63. The third kappa shape index (κ3) is 4.79. The van der Waals surface area contributed by atoms with Crippen LogP contribution in [0.5, 0.6) is 0 Å². The van der Waals surface area contributed by atoms with Gasteiger partial charge in [-0.2, -0.15) is 18.3 Å². The van der Waals surface area contributed by atoms with Crippen molar-refractivity contribution >= 4 is 5.91 Å². The lowest BCUT2D eigenvalue weighted by molar-refractivity contribution is -0.141. The van der Waals surface area contributed by atoms with Crippen molar-refractivity contribution in [3.63, 3.8) is 0 Å². The third-order valence-electron chi connectivity index (χ3n) is 3.55. The van der Waals surface area contributed by atoms with Crippen LogP contribution in [-0.2, 0) is 17.5 Å². The van der Waals surface area contributed by atoms with Crippen LogP contribution in [0.4, 0.5) is 17.6 Å². The lowest BCUT2D eigenvalue weighted by atomic mass is 10.1. The molecule has 2 rings (SSSR count). The average molecular weight is 359 g/mol. The zero-order chi connectivity index (χ0) is 18.6. The average Bonchev–Trinajstić information content (AvgIpc) is 3.02. The molecule has 0 fully saturated rings. The number of hydrogen-bond acceptors (Lipinski definition) is 3. The van der Waals surface area contributed by atoms with Crippen LogP contribution in [0.15, 0.2) is 30.3 Å². The summed E-state index contributed by atoms with van der Waals surface area (Å²) < 4.78 is 56.4. The third-order valence-corrected chi connectivity index (χ3v) is 3.55. The molecule has 0 bridgehead atoms. The van der Waals surface area contributed by atoms with E-state index in [9.17, 15) is 22.4 Å². The molecule has 1 heterocycles. The summed E-state index contributed by atoms with van der Waals surface area (Å²) in [5.41, 5.74) is -0.976. The molecule has 0 saturated heterocycles. The number of nitrogens with one attached hydrogen (secondary N) is 1. The smallest absolute Gasteiger partial charge is 0.383 e. The number of carbonyl (C=O) groups is 1. The van der Waals surface area contributed by atoms with Crippen LogP contribution in [0.25, 0.3) is 0 Å². The number of methoxy groups -OCH3 is 1. The highest BCUT2D eigenvalue weighted by molar-refractivity contribution is 5.92. The summed E-state index contributed by atoms with van der Waals surface area (Å²) in [6, 6.07) is 5.83. The Morgan fingerprint density at radius 3 is 2.64 bits per heavy atom. The highest BCUT2D eigenvalue weighted by Gasteiger charge is 2.35. The van der Waals surface area contributed by atoms with Gasteiger partial charge in [0.05, 0.1) is 12.6 Å².